The van der Waals surface area contributed by atoms with Crippen LogP contribution in [0.15, 0.2) is 47.8 Å². The molecule has 0 spiro atoms. The van der Waals surface area contributed by atoms with Gasteiger partial charge in [0.05, 0.1) is 5.56 Å². The number of anilines is 1. The van der Waals surface area contributed by atoms with Crippen LogP contribution in [0.3, 0.4) is 0 Å². The number of phenolic OH excluding ortho intramolecular Hbond substituents is 1. The van der Waals surface area contributed by atoms with Crippen LogP contribution in [0.25, 0.3) is 10.1 Å². The number of nitrogens with one attached hydrogen (secondary N) is 1. The molecule has 2 aromatic carbocycles. The van der Waals surface area contributed by atoms with Gasteiger partial charge in [0.15, 0.2) is 0 Å². The largest absolute Gasteiger partial charge is 0.508 e. The Kier molecular flexibility index (Phi) is 3.16. The Morgan fingerprint density at radius 1 is 1.20 bits per heavy atom. The molecule has 20 heavy (non-hydrogen) atoms. The average molecular weight is 283 g/mol. The van der Waals surface area contributed by atoms with E-state index >= 15 is 0 Å². The number of amides is 1. The van der Waals surface area contributed by atoms with Gasteiger partial charge in [0.1, 0.15) is 5.75 Å². The highest BCUT2D eigenvalue weighted by molar-refractivity contribution is 7.17. The predicted octanol–water partition coefficient (Wildman–Crippen LogP) is 4.17. The summed E-state index contributed by atoms with van der Waals surface area (Å²) in [7, 11) is 0. The van der Waals surface area contributed by atoms with E-state index in [1.807, 2.05) is 36.6 Å². The second kappa shape index (κ2) is 4.98. The summed E-state index contributed by atoms with van der Waals surface area (Å²) in [5, 5.41) is 15.1. The third kappa shape index (κ3) is 2.26. The van der Waals surface area contributed by atoms with Gasteiger partial charge in [0.2, 0.25) is 0 Å². The number of fused-ring (bicyclic) bond motifs is 1. The molecular formula is C16H13NO2S. The van der Waals surface area contributed by atoms with E-state index in [0.717, 1.165) is 15.6 Å². The molecule has 4 heteroatoms. The van der Waals surface area contributed by atoms with Crippen molar-refractivity contribution in [1.82, 2.24) is 0 Å². The van der Waals surface area contributed by atoms with Gasteiger partial charge in [-0.15, -0.1) is 11.3 Å². The molecule has 1 heterocycles. The molecule has 3 aromatic rings. The van der Waals surface area contributed by atoms with E-state index in [0.29, 0.717) is 11.3 Å². The molecule has 2 N–H and O–H groups in total. The molecule has 1 aromatic heterocycles. The first-order valence-electron chi connectivity index (χ1n) is 6.22. The Morgan fingerprint density at radius 2 is 2.00 bits per heavy atom. The Morgan fingerprint density at radius 3 is 2.80 bits per heavy atom. The van der Waals surface area contributed by atoms with E-state index in [-0.39, 0.29) is 11.7 Å². The second-order valence-corrected chi connectivity index (χ2v) is 5.51. The van der Waals surface area contributed by atoms with E-state index in [1.54, 1.807) is 29.5 Å². The quantitative estimate of drug-likeness (QED) is 0.693. The van der Waals surface area contributed by atoms with Crippen LogP contribution in [0.2, 0.25) is 0 Å². The number of rotatable bonds is 2. The summed E-state index contributed by atoms with van der Waals surface area (Å²) in [6, 6.07) is 12.7. The number of carbonyl (C=O) groups is 1. The highest BCUT2D eigenvalue weighted by atomic mass is 32.1. The first kappa shape index (κ1) is 12.7. The molecule has 3 rings (SSSR count). The van der Waals surface area contributed by atoms with Crippen molar-refractivity contribution in [3.8, 4) is 5.75 Å². The first-order valence-corrected chi connectivity index (χ1v) is 7.10. The van der Waals surface area contributed by atoms with Crippen LogP contribution in [0, 0.1) is 6.92 Å². The topological polar surface area (TPSA) is 49.3 Å². The summed E-state index contributed by atoms with van der Waals surface area (Å²) in [4.78, 5) is 12.4. The number of phenols is 1. The number of benzene rings is 2. The van der Waals surface area contributed by atoms with Gasteiger partial charge in [0, 0.05) is 21.2 Å². The van der Waals surface area contributed by atoms with Crippen molar-refractivity contribution in [3.05, 3.63) is 59.0 Å². The van der Waals surface area contributed by atoms with Crippen LogP contribution < -0.4 is 5.32 Å². The molecule has 0 aliphatic rings. The van der Waals surface area contributed by atoms with Crippen molar-refractivity contribution in [2.45, 2.75) is 6.92 Å². The summed E-state index contributed by atoms with van der Waals surface area (Å²) in [6.07, 6.45) is 0. The number of aromatic hydroxyl groups is 1. The van der Waals surface area contributed by atoms with Crippen molar-refractivity contribution in [3.63, 3.8) is 0 Å². The molecule has 0 atom stereocenters. The van der Waals surface area contributed by atoms with Gasteiger partial charge >= 0.3 is 0 Å². The minimum absolute atomic E-state index is 0.128. The molecule has 0 saturated carbocycles. The maximum absolute atomic E-state index is 12.4. The van der Waals surface area contributed by atoms with E-state index in [4.69, 9.17) is 0 Å². The maximum Gasteiger partial charge on any atom is 0.257 e. The minimum atomic E-state index is -0.128. The average Bonchev–Trinajstić information content (AvgIpc) is 2.86. The van der Waals surface area contributed by atoms with Gasteiger partial charge in [-0.1, -0.05) is 18.2 Å². The fraction of sp³-hybridized carbons (Fsp3) is 0.0625. The number of thiophene rings is 1. The summed E-state index contributed by atoms with van der Waals surface area (Å²) < 4.78 is 1.10. The summed E-state index contributed by atoms with van der Waals surface area (Å²) in [5.41, 5.74) is 2.22. The van der Waals surface area contributed by atoms with Gasteiger partial charge < -0.3 is 10.4 Å². The Balaban J connectivity index is 1.93. The minimum Gasteiger partial charge on any atom is -0.508 e. The van der Waals surface area contributed by atoms with Crippen LogP contribution in [0.4, 0.5) is 5.69 Å². The molecule has 0 aliphatic carbocycles. The number of hydrogen-bond donors (Lipinski definition) is 2. The lowest BCUT2D eigenvalue weighted by Gasteiger charge is -2.08. The number of hydrogen-bond acceptors (Lipinski definition) is 3. The van der Waals surface area contributed by atoms with Gasteiger partial charge in [-0.2, -0.15) is 0 Å². The van der Waals surface area contributed by atoms with E-state index in [2.05, 4.69) is 5.32 Å². The van der Waals surface area contributed by atoms with E-state index < -0.39 is 0 Å². The normalized spacial score (nSPS) is 10.7. The lowest BCUT2D eigenvalue weighted by Crippen LogP contribution is -2.12. The monoisotopic (exact) mass is 283 g/mol. The van der Waals surface area contributed by atoms with Crippen LogP contribution in [-0.4, -0.2) is 11.0 Å². The third-order valence-corrected chi connectivity index (χ3v) is 4.15. The van der Waals surface area contributed by atoms with E-state index in [1.165, 1.54) is 0 Å². The van der Waals surface area contributed by atoms with Crippen LogP contribution in [0.5, 0.6) is 5.75 Å². The highest BCUT2D eigenvalue weighted by Crippen LogP contribution is 2.27. The molecule has 0 unspecified atom stereocenters. The van der Waals surface area contributed by atoms with Crippen LogP contribution in [-0.2, 0) is 0 Å². The molecule has 0 fully saturated rings. The SMILES string of the molecule is Cc1cc(O)ccc1NC(=O)c1csc2ccccc12. The molecule has 0 radical (unpaired) electrons. The fourth-order valence-corrected chi connectivity index (χ4v) is 3.07. The van der Waals surface area contributed by atoms with Gasteiger partial charge in [-0.05, 0) is 36.8 Å². The molecule has 1 amide bonds. The molecule has 0 bridgehead atoms. The van der Waals surface area contributed by atoms with Crippen molar-refractivity contribution < 1.29 is 9.90 Å². The second-order valence-electron chi connectivity index (χ2n) is 4.60. The lowest BCUT2D eigenvalue weighted by atomic mass is 10.1. The van der Waals surface area contributed by atoms with E-state index in [9.17, 15) is 9.90 Å². The van der Waals surface area contributed by atoms with Crippen molar-refractivity contribution in [1.29, 1.82) is 0 Å². The molecule has 3 nitrogen and oxygen atoms in total. The lowest BCUT2D eigenvalue weighted by molar-refractivity contribution is 0.102. The maximum atomic E-state index is 12.4. The zero-order chi connectivity index (χ0) is 14.1. The van der Waals surface area contributed by atoms with Crippen LogP contribution >= 0.6 is 11.3 Å². The summed E-state index contributed by atoms with van der Waals surface area (Å²) >= 11 is 1.56. The zero-order valence-electron chi connectivity index (χ0n) is 10.9. The summed E-state index contributed by atoms with van der Waals surface area (Å²) in [6.45, 7) is 1.85. The fourth-order valence-electron chi connectivity index (χ4n) is 2.13. The van der Waals surface area contributed by atoms with Crippen molar-refractivity contribution in [2.75, 3.05) is 5.32 Å². The first-order chi connectivity index (χ1) is 9.65. The zero-order valence-corrected chi connectivity index (χ0v) is 11.7. The van der Waals surface area contributed by atoms with Crippen molar-refractivity contribution >= 4 is 33.0 Å². The predicted molar refractivity (Wildman–Crippen MR) is 82.6 cm³/mol. The number of carbonyl (C=O) groups excluding carboxylic acids is 1. The molecule has 0 aliphatic heterocycles. The number of aryl methyl sites for hydroxylation is 1. The molecular weight excluding hydrogens is 270 g/mol. The van der Waals surface area contributed by atoms with Crippen LogP contribution in [0.1, 0.15) is 15.9 Å². The Bertz CT molecular complexity index is 792. The van der Waals surface area contributed by atoms with Gasteiger partial charge in [-0.3, -0.25) is 4.79 Å². The molecule has 100 valence electrons. The highest BCUT2D eigenvalue weighted by Gasteiger charge is 2.13. The molecule has 0 saturated heterocycles. The standard InChI is InChI=1S/C16H13NO2S/c1-10-8-11(18)6-7-14(10)17-16(19)13-9-20-15-5-3-2-4-12(13)15/h2-9,18H,1H3,(H,17,19). The van der Waals surface area contributed by atoms with Gasteiger partial charge in [-0.25, -0.2) is 0 Å². The van der Waals surface area contributed by atoms with Crippen molar-refractivity contribution in [2.24, 2.45) is 0 Å². The Labute approximate surface area is 120 Å². The summed E-state index contributed by atoms with van der Waals surface area (Å²) in [5.74, 6) is 0.0673. The smallest absolute Gasteiger partial charge is 0.257 e. The van der Waals surface area contributed by atoms with Gasteiger partial charge in [0.25, 0.3) is 5.91 Å². The third-order valence-electron chi connectivity index (χ3n) is 3.18. The Hall–Kier alpha value is -2.33.